The van der Waals surface area contributed by atoms with Crippen molar-refractivity contribution in [1.29, 1.82) is 0 Å². The first kappa shape index (κ1) is 18.4. The van der Waals surface area contributed by atoms with Crippen LogP contribution >= 0.6 is 22.9 Å². The summed E-state index contributed by atoms with van der Waals surface area (Å²) < 4.78 is 0. The SMILES string of the molecule is CN=C(C=Cc1cccs1)C=CC(C)C(=O)Cc1ccc(Cl)cc1. The van der Waals surface area contributed by atoms with E-state index in [-0.39, 0.29) is 11.7 Å². The van der Waals surface area contributed by atoms with Gasteiger partial charge >= 0.3 is 0 Å². The van der Waals surface area contributed by atoms with E-state index in [9.17, 15) is 4.79 Å². The highest BCUT2D eigenvalue weighted by molar-refractivity contribution is 7.10. The van der Waals surface area contributed by atoms with Crippen LogP contribution in [-0.4, -0.2) is 18.5 Å². The van der Waals surface area contributed by atoms with Crippen LogP contribution in [0.4, 0.5) is 0 Å². The van der Waals surface area contributed by atoms with Gasteiger partial charge in [0.15, 0.2) is 0 Å². The molecule has 0 spiro atoms. The van der Waals surface area contributed by atoms with Gasteiger partial charge < -0.3 is 0 Å². The maximum atomic E-state index is 12.3. The number of aliphatic imine (C=N–C) groups is 1. The first-order valence-electron chi connectivity index (χ1n) is 7.72. The summed E-state index contributed by atoms with van der Waals surface area (Å²) in [4.78, 5) is 17.7. The zero-order valence-corrected chi connectivity index (χ0v) is 15.3. The number of hydrogen-bond donors (Lipinski definition) is 0. The van der Waals surface area contributed by atoms with Crippen LogP contribution in [0.1, 0.15) is 17.4 Å². The Morgan fingerprint density at radius 2 is 2.00 bits per heavy atom. The van der Waals surface area contributed by atoms with Crippen molar-refractivity contribution in [3.05, 3.63) is 75.5 Å². The molecule has 0 aliphatic carbocycles. The van der Waals surface area contributed by atoms with Gasteiger partial charge in [0.2, 0.25) is 0 Å². The van der Waals surface area contributed by atoms with Crippen molar-refractivity contribution in [3.63, 3.8) is 0 Å². The predicted molar refractivity (Wildman–Crippen MR) is 105 cm³/mol. The van der Waals surface area contributed by atoms with E-state index in [1.54, 1.807) is 18.4 Å². The number of nitrogens with zero attached hydrogens (tertiary/aromatic N) is 1. The van der Waals surface area contributed by atoms with Gasteiger partial charge in [-0.25, -0.2) is 0 Å². The maximum Gasteiger partial charge on any atom is 0.143 e. The van der Waals surface area contributed by atoms with E-state index in [2.05, 4.69) is 11.1 Å². The van der Waals surface area contributed by atoms with E-state index in [0.717, 1.165) is 11.3 Å². The van der Waals surface area contributed by atoms with Crippen LogP contribution in [0.2, 0.25) is 5.02 Å². The second kappa shape index (κ2) is 9.36. The molecule has 124 valence electrons. The molecule has 2 nitrogen and oxygen atoms in total. The van der Waals surface area contributed by atoms with E-state index in [1.807, 2.05) is 66.9 Å². The second-order valence-electron chi connectivity index (χ2n) is 5.41. The van der Waals surface area contributed by atoms with Crippen LogP contribution in [0, 0.1) is 5.92 Å². The molecule has 2 rings (SSSR count). The largest absolute Gasteiger partial charge is 0.299 e. The molecule has 0 saturated heterocycles. The van der Waals surface area contributed by atoms with E-state index < -0.39 is 0 Å². The van der Waals surface area contributed by atoms with Crippen LogP contribution in [-0.2, 0) is 11.2 Å². The number of allylic oxidation sites excluding steroid dienone is 3. The van der Waals surface area contributed by atoms with Crippen molar-refractivity contribution in [2.75, 3.05) is 7.05 Å². The Morgan fingerprint density at radius 3 is 2.62 bits per heavy atom. The molecule has 0 radical (unpaired) electrons. The average molecular weight is 358 g/mol. The van der Waals surface area contributed by atoms with E-state index in [1.165, 1.54) is 4.88 Å². The molecule has 0 fully saturated rings. The number of halogens is 1. The van der Waals surface area contributed by atoms with Crippen LogP contribution in [0.25, 0.3) is 6.08 Å². The van der Waals surface area contributed by atoms with Crippen molar-refractivity contribution in [2.24, 2.45) is 10.9 Å². The van der Waals surface area contributed by atoms with Gasteiger partial charge in [-0.15, -0.1) is 11.3 Å². The number of hydrogen-bond acceptors (Lipinski definition) is 3. The molecular formula is C20H20ClNOS. The molecule has 4 heteroatoms. The summed E-state index contributed by atoms with van der Waals surface area (Å²) >= 11 is 7.54. The lowest BCUT2D eigenvalue weighted by Crippen LogP contribution is -2.11. The minimum absolute atomic E-state index is 0.160. The highest BCUT2D eigenvalue weighted by Crippen LogP contribution is 2.13. The van der Waals surface area contributed by atoms with Crippen molar-refractivity contribution >= 4 is 40.5 Å². The molecule has 1 unspecified atom stereocenters. The lowest BCUT2D eigenvalue weighted by Gasteiger charge is -2.06. The van der Waals surface area contributed by atoms with Crippen LogP contribution in [0.15, 0.2) is 65.0 Å². The lowest BCUT2D eigenvalue weighted by atomic mass is 9.98. The highest BCUT2D eigenvalue weighted by Gasteiger charge is 2.10. The fraction of sp³-hybridized carbons (Fsp3) is 0.200. The molecule has 24 heavy (non-hydrogen) atoms. The zero-order chi connectivity index (χ0) is 17.4. The van der Waals surface area contributed by atoms with E-state index in [0.29, 0.717) is 11.4 Å². The number of ketones is 1. The van der Waals surface area contributed by atoms with Gasteiger partial charge in [-0.05, 0) is 47.4 Å². The van der Waals surface area contributed by atoms with Crippen LogP contribution in [0.5, 0.6) is 0 Å². The van der Waals surface area contributed by atoms with Gasteiger partial charge in [-0.2, -0.15) is 0 Å². The third kappa shape index (κ3) is 5.91. The van der Waals surface area contributed by atoms with Gasteiger partial charge in [-0.3, -0.25) is 9.79 Å². The number of Topliss-reactive ketones (excluding diaryl/α,β-unsaturated/α-hetero) is 1. The zero-order valence-electron chi connectivity index (χ0n) is 13.8. The van der Waals surface area contributed by atoms with Crippen molar-refractivity contribution in [2.45, 2.75) is 13.3 Å². The number of rotatable bonds is 7. The van der Waals surface area contributed by atoms with Crippen LogP contribution in [0.3, 0.4) is 0 Å². The minimum Gasteiger partial charge on any atom is -0.299 e. The lowest BCUT2D eigenvalue weighted by molar-refractivity contribution is -0.120. The Bertz CT molecular complexity index is 742. The summed E-state index contributed by atoms with van der Waals surface area (Å²) in [6.07, 6.45) is 8.19. The molecule has 0 aliphatic heterocycles. The smallest absolute Gasteiger partial charge is 0.143 e. The predicted octanol–water partition coefficient (Wildman–Crippen LogP) is 5.49. The Labute approximate surface area is 152 Å². The fourth-order valence-electron chi connectivity index (χ4n) is 2.07. The van der Waals surface area contributed by atoms with E-state index >= 15 is 0 Å². The monoisotopic (exact) mass is 357 g/mol. The summed E-state index contributed by atoms with van der Waals surface area (Å²) in [5.74, 6) is 0.0128. The minimum atomic E-state index is -0.160. The maximum absolute atomic E-state index is 12.3. The van der Waals surface area contributed by atoms with Gasteiger partial charge in [0, 0.05) is 29.3 Å². The summed E-state index contributed by atoms with van der Waals surface area (Å²) in [6.45, 7) is 1.91. The molecule has 1 aromatic carbocycles. The normalized spacial score (nSPS) is 13.7. The number of thiophene rings is 1. The van der Waals surface area contributed by atoms with E-state index in [4.69, 9.17) is 11.6 Å². The molecule has 0 aliphatic rings. The second-order valence-corrected chi connectivity index (χ2v) is 6.83. The fourth-order valence-corrected chi connectivity index (χ4v) is 2.82. The van der Waals surface area contributed by atoms with Crippen molar-refractivity contribution in [3.8, 4) is 0 Å². The first-order valence-corrected chi connectivity index (χ1v) is 8.98. The first-order chi connectivity index (χ1) is 11.6. The quantitative estimate of drug-likeness (QED) is 0.602. The molecule has 1 aromatic heterocycles. The summed E-state index contributed by atoms with van der Waals surface area (Å²) in [5, 5.41) is 2.72. The number of benzene rings is 1. The van der Waals surface area contributed by atoms with Crippen molar-refractivity contribution in [1.82, 2.24) is 0 Å². The Balaban J connectivity index is 1.93. The Morgan fingerprint density at radius 1 is 1.25 bits per heavy atom. The summed E-state index contributed by atoms with van der Waals surface area (Å²) in [5.41, 5.74) is 1.82. The molecule has 0 saturated carbocycles. The molecule has 0 N–H and O–H groups in total. The number of carbonyl (C=O) groups is 1. The molecule has 0 amide bonds. The molecular weight excluding hydrogens is 338 g/mol. The average Bonchev–Trinajstić information content (AvgIpc) is 3.10. The molecule has 0 bridgehead atoms. The highest BCUT2D eigenvalue weighted by atomic mass is 35.5. The summed E-state index contributed by atoms with van der Waals surface area (Å²) in [6, 6.07) is 11.5. The molecule has 2 aromatic rings. The number of carbonyl (C=O) groups excluding carboxylic acids is 1. The van der Waals surface area contributed by atoms with Crippen molar-refractivity contribution < 1.29 is 4.79 Å². The molecule has 1 heterocycles. The third-order valence-electron chi connectivity index (χ3n) is 3.57. The van der Waals surface area contributed by atoms with Gasteiger partial charge in [-0.1, -0.05) is 42.8 Å². The molecule has 1 atom stereocenters. The standard InChI is InChI=1S/C20H20ClNOS/c1-15(20(23)14-16-6-8-17(21)9-7-16)5-10-18(22-2)11-12-19-4-3-13-24-19/h3-13,15H,14H2,1-2H3. The Hall–Kier alpha value is -1.97. The topological polar surface area (TPSA) is 29.4 Å². The Kier molecular flexibility index (Phi) is 7.16. The third-order valence-corrected chi connectivity index (χ3v) is 4.66. The van der Waals surface area contributed by atoms with Gasteiger partial charge in [0.05, 0.1) is 5.71 Å². The van der Waals surface area contributed by atoms with Gasteiger partial charge in [0.25, 0.3) is 0 Å². The van der Waals surface area contributed by atoms with Gasteiger partial charge in [0.1, 0.15) is 5.78 Å². The van der Waals surface area contributed by atoms with Crippen LogP contribution < -0.4 is 0 Å². The summed E-state index contributed by atoms with van der Waals surface area (Å²) in [7, 11) is 1.75.